The van der Waals surface area contributed by atoms with Gasteiger partial charge in [0.2, 0.25) is 0 Å². The van der Waals surface area contributed by atoms with Crippen LogP contribution in [-0.4, -0.2) is 25.0 Å². The number of hydrogen-bond donors (Lipinski definition) is 1. The molecule has 0 bridgehead atoms. The first-order chi connectivity index (χ1) is 5.63. The van der Waals surface area contributed by atoms with Gasteiger partial charge in [0.1, 0.15) is 0 Å². The number of Topliss-reactive ketones (excluding diaryl/α,β-unsaturated/α-hetero) is 1. The smallest absolute Gasteiger partial charge is 0.164 e. The van der Waals surface area contributed by atoms with Crippen LogP contribution in [0.4, 0.5) is 0 Å². The largest absolute Gasteiger partial charge is 0.316 e. The molecule has 0 aromatic heterocycles. The Hall–Kier alpha value is 0.670. The zero-order chi connectivity index (χ0) is 9.61. The zero-order valence-electron chi connectivity index (χ0n) is 7.52. The molecule has 1 N–H and O–H groups in total. The van der Waals surface area contributed by atoms with Crippen molar-refractivity contribution in [1.29, 1.82) is 0 Å². The fourth-order valence-corrected chi connectivity index (χ4v) is 2.44. The van der Waals surface area contributed by atoms with Gasteiger partial charge in [0, 0.05) is 27.8 Å². The highest BCUT2D eigenvalue weighted by Gasteiger charge is 2.34. The summed E-state index contributed by atoms with van der Waals surface area (Å²) in [6.07, 6.45) is 0.694. The second kappa shape index (κ2) is 6.17. The molecule has 0 aromatic carbocycles. The Morgan fingerprint density at radius 2 is 2.33 bits per heavy atom. The first-order valence-electron chi connectivity index (χ1n) is 3.75. The third-order valence-electron chi connectivity index (χ3n) is 1.87. The van der Waals surface area contributed by atoms with Crippen molar-refractivity contribution in [1.82, 2.24) is 5.32 Å². The van der Waals surface area contributed by atoms with Gasteiger partial charge < -0.3 is 5.32 Å². The minimum Gasteiger partial charge on any atom is -0.316 e. The molecule has 0 heterocycles. The molecule has 0 fully saturated rings. The Bertz CT molecular complexity index is 148. The molecule has 3 nitrogen and oxygen atoms in total. The first-order valence-corrected chi connectivity index (χ1v) is 7.03. The van der Waals surface area contributed by atoms with Gasteiger partial charge in [-0.15, -0.1) is 0 Å². The van der Waals surface area contributed by atoms with Crippen LogP contribution in [0.3, 0.4) is 0 Å². The van der Waals surface area contributed by atoms with E-state index >= 15 is 0 Å². The molecule has 0 aliphatic heterocycles. The predicted octanol–water partition coefficient (Wildman–Crippen LogP) is 1.96. The van der Waals surface area contributed by atoms with Crippen LogP contribution in [0.2, 0.25) is 0 Å². The summed E-state index contributed by atoms with van der Waals surface area (Å²) in [6, 6.07) is 0. The molecule has 12 heavy (non-hydrogen) atoms. The second-order valence-electron chi connectivity index (χ2n) is 2.58. The lowest BCUT2D eigenvalue weighted by Crippen LogP contribution is -2.46. The molecular formula is C7H14INO2S. The third kappa shape index (κ3) is 3.20. The van der Waals surface area contributed by atoms with Gasteiger partial charge in [-0.05, 0) is 20.4 Å². The molecule has 0 spiro atoms. The Morgan fingerprint density at radius 3 is 2.58 bits per heavy atom. The van der Waals surface area contributed by atoms with E-state index in [1.165, 1.54) is 9.21 Å². The lowest BCUT2D eigenvalue weighted by atomic mass is 9.96. The normalized spacial score (nSPS) is 15.7. The summed E-state index contributed by atoms with van der Waals surface area (Å²) in [5, 5.41) is 2.96. The first kappa shape index (κ1) is 12.7. The van der Waals surface area contributed by atoms with Crippen LogP contribution < -0.4 is 5.32 Å². The van der Waals surface area contributed by atoms with Crippen molar-refractivity contribution in [2.24, 2.45) is 0 Å². The van der Waals surface area contributed by atoms with Crippen LogP contribution in [0.5, 0.6) is 0 Å². The fourth-order valence-electron chi connectivity index (χ4n) is 0.991. The highest BCUT2D eigenvalue weighted by Crippen LogP contribution is 2.27. The van der Waals surface area contributed by atoms with Crippen molar-refractivity contribution in [2.75, 3.05) is 13.6 Å². The molecule has 0 rings (SSSR count). The lowest BCUT2D eigenvalue weighted by Gasteiger charge is -2.27. The molecule has 0 aliphatic rings. The summed E-state index contributed by atoms with van der Waals surface area (Å²) in [4.78, 5) is 11.3. The van der Waals surface area contributed by atoms with E-state index in [4.69, 9.17) is 4.18 Å². The molecule has 0 amide bonds. The maximum absolute atomic E-state index is 11.3. The molecular weight excluding hydrogens is 289 g/mol. The Labute approximate surface area is 89.8 Å². The molecule has 72 valence electrons. The van der Waals surface area contributed by atoms with Gasteiger partial charge >= 0.3 is 0 Å². The highest BCUT2D eigenvalue weighted by molar-refractivity contribution is 14.2. The van der Waals surface area contributed by atoms with Crippen LogP contribution in [0, 0.1) is 0 Å². The summed E-state index contributed by atoms with van der Waals surface area (Å²) in [7, 11) is 3.02. The molecule has 0 saturated heterocycles. The molecule has 5 heteroatoms. The minimum atomic E-state index is -0.652. The van der Waals surface area contributed by atoms with Crippen molar-refractivity contribution >= 4 is 36.2 Å². The Kier molecular flexibility index (Phi) is 6.52. The topological polar surface area (TPSA) is 38.3 Å². The van der Waals surface area contributed by atoms with Crippen LogP contribution >= 0.6 is 30.4 Å². The number of halogens is 1. The Balaban J connectivity index is 4.39. The summed E-state index contributed by atoms with van der Waals surface area (Å²) < 4.78 is 5.37. The summed E-state index contributed by atoms with van der Waals surface area (Å²) in [6.45, 7) is 4.08. The molecule has 1 atom stereocenters. The van der Waals surface area contributed by atoms with E-state index in [1.54, 1.807) is 6.92 Å². The van der Waals surface area contributed by atoms with E-state index in [0.717, 1.165) is 0 Å². The fraction of sp³-hybridized carbons (Fsp3) is 0.857. The third-order valence-corrected chi connectivity index (χ3v) is 2.79. The summed E-state index contributed by atoms with van der Waals surface area (Å²) in [5.74, 6) is 0.0727. The van der Waals surface area contributed by atoms with Crippen LogP contribution in [-0.2, 0) is 8.98 Å². The van der Waals surface area contributed by atoms with Gasteiger partial charge in [0.15, 0.2) is 11.4 Å². The molecule has 1 unspecified atom stereocenters. The van der Waals surface area contributed by atoms with Crippen LogP contribution in [0.25, 0.3) is 0 Å². The predicted molar refractivity (Wildman–Crippen MR) is 60.3 cm³/mol. The van der Waals surface area contributed by atoms with Crippen molar-refractivity contribution < 1.29 is 8.98 Å². The summed E-state index contributed by atoms with van der Waals surface area (Å²) in [5.41, 5.74) is -0.652. The van der Waals surface area contributed by atoms with Crippen molar-refractivity contribution in [3.8, 4) is 0 Å². The number of rotatable bonds is 6. The molecule has 0 aromatic rings. The number of ketones is 1. The quantitative estimate of drug-likeness (QED) is 0.601. The van der Waals surface area contributed by atoms with Crippen molar-refractivity contribution in [3.63, 3.8) is 0 Å². The average Bonchev–Trinajstić information content (AvgIpc) is 2.03. The van der Waals surface area contributed by atoms with Crippen molar-refractivity contribution in [3.05, 3.63) is 0 Å². The number of carbonyl (C=O) groups excluding carboxylic acids is 1. The van der Waals surface area contributed by atoms with Gasteiger partial charge in [-0.25, -0.2) is 0 Å². The molecule has 0 aliphatic carbocycles. The summed E-state index contributed by atoms with van der Waals surface area (Å²) >= 11 is 2.02. The lowest BCUT2D eigenvalue weighted by molar-refractivity contribution is -0.130. The van der Waals surface area contributed by atoms with E-state index in [-0.39, 0.29) is 5.78 Å². The number of nitrogens with one attached hydrogen (secondary N) is 1. The van der Waals surface area contributed by atoms with E-state index in [0.29, 0.717) is 13.0 Å². The SMILES string of the molecule is CCC(CNC)(OSI)C(C)=O. The minimum absolute atomic E-state index is 0.0727. The van der Waals surface area contributed by atoms with Gasteiger partial charge in [-0.3, -0.25) is 8.98 Å². The van der Waals surface area contributed by atoms with Crippen LogP contribution in [0.15, 0.2) is 0 Å². The van der Waals surface area contributed by atoms with Gasteiger partial charge in [0.05, 0.1) is 9.21 Å². The highest BCUT2D eigenvalue weighted by atomic mass is 127. The zero-order valence-corrected chi connectivity index (χ0v) is 10.5. The van der Waals surface area contributed by atoms with Crippen molar-refractivity contribution in [2.45, 2.75) is 25.9 Å². The standard InChI is InChI=1S/C7H14INO2S/c1-4-7(5-9-3,6(2)10)11-12-8/h9H,4-5H2,1-3H3. The maximum atomic E-state index is 11.3. The van der Waals surface area contributed by atoms with E-state index < -0.39 is 5.60 Å². The van der Waals surface area contributed by atoms with Crippen LogP contribution in [0.1, 0.15) is 20.3 Å². The van der Waals surface area contributed by atoms with Gasteiger partial charge in [-0.1, -0.05) is 6.92 Å². The average molecular weight is 303 g/mol. The van der Waals surface area contributed by atoms with Gasteiger partial charge in [-0.2, -0.15) is 0 Å². The van der Waals surface area contributed by atoms with Gasteiger partial charge in [0.25, 0.3) is 0 Å². The number of carbonyl (C=O) groups is 1. The molecule has 0 radical (unpaired) electrons. The monoisotopic (exact) mass is 303 g/mol. The Morgan fingerprint density at radius 1 is 1.75 bits per heavy atom. The maximum Gasteiger partial charge on any atom is 0.164 e. The second-order valence-corrected chi connectivity index (χ2v) is 3.95. The van der Waals surface area contributed by atoms with E-state index in [9.17, 15) is 4.79 Å². The number of likely N-dealkylation sites (N-methyl/N-ethyl adjacent to an activating group) is 1. The van der Waals surface area contributed by atoms with E-state index in [2.05, 4.69) is 5.32 Å². The van der Waals surface area contributed by atoms with E-state index in [1.807, 2.05) is 35.2 Å². The molecule has 0 saturated carbocycles. The number of hydrogen-bond acceptors (Lipinski definition) is 4.